The third kappa shape index (κ3) is 2.15. The maximum Gasteiger partial charge on any atom is 0.338 e. The molecule has 1 unspecified atom stereocenters. The Bertz CT molecular complexity index is 727. The van der Waals surface area contributed by atoms with E-state index in [0.29, 0.717) is 34.8 Å². The maximum absolute atomic E-state index is 12.6. The highest BCUT2D eigenvalue weighted by Gasteiger charge is 2.31. The minimum atomic E-state index is -0.402. The molecule has 0 amide bonds. The normalized spacial score (nSPS) is 18.1. The van der Waals surface area contributed by atoms with E-state index in [4.69, 9.17) is 4.74 Å². The molecule has 0 saturated heterocycles. The van der Waals surface area contributed by atoms with Crippen molar-refractivity contribution in [3.05, 3.63) is 35.0 Å². The number of H-pyrrole nitrogens is 1. The lowest BCUT2D eigenvalue weighted by Gasteiger charge is -2.24. The minimum absolute atomic E-state index is 0.123. The number of rotatable bonds is 2. The van der Waals surface area contributed by atoms with Crippen molar-refractivity contribution >= 4 is 22.7 Å². The Morgan fingerprint density at radius 1 is 1.33 bits per heavy atom. The number of hydrogen-bond donors (Lipinski definition) is 1. The van der Waals surface area contributed by atoms with Crippen LogP contribution >= 0.6 is 0 Å². The molecule has 1 aromatic heterocycles. The first-order valence-corrected chi connectivity index (χ1v) is 7.28. The average molecular weight is 285 g/mol. The molecule has 4 nitrogen and oxygen atoms in total. The number of ketones is 1. The topological polar surface area (TPSA) is 59.2 Å². The van der Waals surface area contributed by atoms with Crippen molar-refractivity contribution in [1.29, 1.82) is 0 Å². The largest absolute Gasteiger partial charge is 0.465 e. The highest BCUT2D eigenvalue weighted by atomic mass is 16.5. The van der Waals surface area contributed by atoms with Gasteiger partial charge in [-0.05, 0) is 30.4 Å². The lowest BCUT2D eigenvalue weighted by Crippen LogP contribution is -2.23. The molecule has 21 heavy (non-hydrogen) atoms. The zero-order valence-electron chi connectivity index (χ0n) is 12.5. The van der Waals surface area contributed by atoms with Crippen LogP contribution in [-0.4, -0.2) is 23.8 Å². The van der Waals surface area contributed by atoms with Gasteiger partial charge in [-0.15, -0.1) is 0 Å². The van der Waals surface area contributed by atoms with Crippen LogP contribution in [0.3, 0.4) is 0 Å². The molecule has 1 N–H and O–H groups in total. The summed E-state index contributed by atoms with van der Waals surface area (Å²) in [5.74, 6) is 0.548. The second-order valence-corrected chi connectivity index (χ2v) is 6.03. The quantitative estimate of drug-likeness (QED) is 0.861. The number of benzene rings is 1. The van der Waals surface area contributed by atoms with Gasteiger partial charge < -0.3 is 9.72 Å². The number of esters is 1. The van der Waals surface area contributed by atoms with Gasteiger partial charge in [-0.25, -0.2) is 4.79 Å². The van der Waals surface area contributed by atoms with Gasteiger partial charge in [0.2, 0.25) is 0 Å². The molecule has 1 atom stereocenters. The number of hydrogen-bond acceptors (Lipinski definition) is 3. The Morgan fingerprint density at radius 3 is 2.76 bits per heavy atom. The molecule has 1 heterocycles. The van der Waals surface area contributed by atoms with Gasteiger partial charge in [0.05, 0.1) is 12.7 Å². The van der Waals surface area contributed by atoms with Crippen LogP contribution in [0.5, 0.6) is 0 Å². The first kappa shape index (κ1) is 13.9. The second-order valence-electron chi connectivity index (χ2n) is 6.03. The number of fused-ring (bicyclic) bond motifs is 3. The summed E-state index contributed by atoms with van der Waals surface area (Å²) in [6.45, 7) is 4.29. The number of carbonyl (C=O) groups is 2. The highest BCUT2D eigenvalue weighted by molar-refractivity contribution is 6.16. The molecule has 0 spiro atoms. The molecular formula is C17H19NO3. The fourth-order valence-electron chi connectivity index (χ4n) is 3.19. The van der Waals surface area contributed by atoms with Crippen LogP contribution in [0.4, 0.5) is 0 Å². The van der Waals surface area contributed by atoms with Crippen LogP contribution in [-0.2, 0) is 11.2 Å². The fraction of sp³-hybridized carbons (Fsp3) is 0.412. The minimum Gasteiger partial charge on any atom is -0.465 e. The number of aromatic nitrogens is 1. The molecular weight excluding hydrogens is 266 g/mol. The van der Waals surface area contributed by atoms with Gasteiger partial charge in [-0.3, -0.25) is 4.79 Å². The lowest BCUT2D eigenvalue weighted by molar-refractivity contribution is 0.0603. The molecule has 4 heteroatoms. The van der Waals surface area contributed by atoms with Gasteiger partial charge in [-0.1, -0.05) is 19.9 Å². The average Bonchev–Trinajstić information content (AvgIpc) is 2.84. The summed E-state index contributed by atoms with van der Waals surface area (Å²) in [6.07, 6.45) is 1.40. The molecule has 0 bridgehead atoms. The molecule has 0 saturated carbocycles. The Kier molecular flexibility index (Phi) is 3.32. The standard InChI is InChI=1S/C17H19NO3/c1-9(2)10-7-13-16(14(19)8-10)15-11(17(20)21-3)5-4-6-12(15)18-13/h4-6,9-10,18H,7-8H2,1-3H3. The van der Waals surface area contributed by atoms with Gasteiger partial charge >= 0.3 is 5.97 Å². The summed E-state index contributed by atoms with van der Waals surface area (Å²) in [7, 11) is 1.36. The second kappa shape index (κ2) is 5.02. The van der Waals surface area contributed by atoms with E-state index >= 15 is 0 Å². The molecule has 2 aromatic rings. The maximum atomic E-state index is 12.6. The number of carbonyl (C=O) groups excluding carboxylic acids is 2. The third-order valence-corrected chi connectivity index (χ3v) is 4.44. The lowest BCUT2D eigenvalue weighted by atomic mass is 9.79. The summed E-state index contributed by atoms with van der Waals surface area (Å²) in [5.41, 5.74) is 2.93. The number of methoxy groups -OCH3 is 1. The summed E-state index contributed by atoms with van der Waals surface area (Å²) < 4.78 is 4.84. The molecule has 110 valence electrons. The van der Waals surface area contributed by atoms with Crippen molar-refractivity contribution in [3.8, 4) is 0 Å². The van der Waals surface area contributed by atoms with E-state index in [2.05, 4.69) is 18.8 Å². The van der Waals surface area contributed by atoms with Crippen molar-refractivity contribution in [2.45, 2.75) is 26.7 Å². The third-order valence-electron chi connectivity index (χ3n) is 4.44. The van der Waals surface area contributed by atoms with E-state index < -0.39 is 5.97 Å². The summed E-state index contributed by atoms with van der Waals surface area (Å²) >= 11 is 0. The summed E-state index contributed by atoms with van der Waals surface area (Å²) in [4.78, 5) is 27.8. The van der Waals surface area contributed by atoms with Crippen LogP contribution in [0.15, 0.2) is 18.2 Å². The van der Waals surface area contributed by atoms with Crippen LogP contribution in [0, 0.1) is 11.8 Å². The smallest absolute Gasteiger partial charge is 0.338 e. The van der Waals surface area contributed by atoms with E-state index in [1.54, 1.807) is 12.1 Å². The van der Waals surface area contributed by atoms with Crippen molar-refractivity contribution in [3.63, 3.8) is 0 Å². The Hall–Kier alpha value is -2.10. The molecule has 1 aromatic carbocycles. The first-order chi connectivity index (χ1) is 10.0. The van der Waals surface area contributed by atoms with Crippen molar-refractivity contribution < 1.29 is 14.3 Å². The van der Waals surface area contributed by atoms with Crippen LogP contribution in [0.1, 0.15) is 46.7 Å². The number of Topliss-reactive ketones (excluding diaryl/α,β-unsaturated/α-hetero) is 1. The molecule has 0 fully saturated rings. The van der Waals surface area contributed by atoms with Gasteiger partial charge in [0.15, 0.2) is 5.78 Å². The molecule has 0 aliphatic heterocycles. The van der Waals surface area contributed by atoms with E-state index in [1.807, 2.05) is 6.07 Å². The van der Waals surface area contributed by atoms with Gasteiger partial charge in [0.25, 0.3) is 0 Å². The highest BCUT2D eigenvalue weighted by Crippen LogP contribution is 2.36. The first-order valence-electron chi connectivity index (χ1n) is 7.28. The van der Waals surface area contributed by atoms with Gasteiger partial charge in [0.1, 0.15) is 0 Å². The van der Waals surface area contributed by atoms with Crippen molar-refractivity contribution in [1.82, 2.24) is 4.98 Å². The van der Waals surface area contributed by atoms with E-state index in [-0.39, 0.29) is 5.78 Å². The van der Waals surface area contributed by atoms with E-state index in [1.165, 1.54) is 7.11 Å². The number of ether oxygens (including phenoxy) is 1. The molecule has 3 rings (SSSR count). The number of nitrogens with one attached hydrogen (secondary N) is 1. The molecule has 0 radical (unpaired) electrons. The van der Waals surface area contributed by atoms with Gasteiger partial charge in [-0.2, -0.15) is 0 Å². The van der Waals surface area contributed by atoms with Crippen molar-refractivity contribution in [2.75, 3.05) is 7.11 Å². The molecule has 1 aliphatic rings. The Morgan fingerprint density at radius 2 is 2.10 bits per heavy atom. The zero-order chi connectivity index (χ0) is 15.1. The monoisotopic (exact) mass is 285 g/mol. The van der Waals surface area contributed by atoms with Crippen molar-refractivity contribution in [2.24, 2.45) is 11.8 Å². The van der Waals surface area contributed by atoms with E-state index in [0.717, 1.165) is 17.6 Å². The predicted octanol–water partition coefficient (Wildman–Crippen LogP) is 3.36. The van der Waals surface area contributed by atoms with E-state index in [9.17, 15) is 9.59 Å². The van der Waals surface area contributed by atoms with Crippen LogP contribution in [0.25, 0.3) is 10.9 Å². The van der Waals surface area contributed by atoms with Crippen LogP contribution < -0.4 is 0 Å². The SMILES string of the molecule is COC(=O)c1cccc2[nH]c3c(c12)C(=O)CC(C(C)C)C3. The zero-order valence-corrected chi connectivity index (χ0v) is 12.5. The Labute approximate surface area is 123 Å². The van der Waals surface area contributed by atoms with Gasteiger partial charge in [0, 0.05) is 28.6 Å². The summed E-state index contributed by atoms with van der Waals surface area (Å²) in [6, 6.07) is 5.42. The Balaban J connectivity index is 2.21. The fourth-order valence-corrected chi connectivity index (χ4v) is 3.19. The number of aromatic amines is 1. The molecule has 1 aliphatic carbocycles. The summed E-state index contributed by atoms with van der Waals surface area (Å²) in [5, 5.41) is 0.714. The van der Waals surface area contributed by atoms with Crippen LogP contribution in [0.2, 0.25) is 0 Å². The predicted molar refractivity (Wildman–Crippen MR) is 80.6 cm³/mol.